The Kier molecular flexibility index (Phi) is 15.8. The highest BCUT2D eigenvalue weighted by atomic mass is 35.5. The summed E-state index contributed by atoms with van der Waals surface area (Å²) >= 11 is 7.62. The molecule has 11 nitrogen and oxygen atoms in total. The standard InChI is InChI=1S/C47H55ClF3N5O6S3/c1-46(2)20-18-42(34-8-12-37(48)13-9-34)36(31-46)32-55-22-24-56(25-23-55)39-14-10-35(11-15-39)45(57)53-65(60,61)41-16-17-44(64(58,59)47(49,50)51)43(30-41)52-38(19-21-54-26-28-62-29-27-54)33-63-40-6-4-3-5-7-40/h3-17,30,38,52H,18-29,31-33H2,1-2H3,(H,53,57)/p+1/t38-/m1/s1. The number of halogens is 4. The van der Waals surface area contributed by atoms with Gasteiger partial charge in [0, 0.05) is 79.8 Å². The predicted octanol–water partition coefficient (Wildman–Crippen LogP) is 7.81. The van der Waals surface area contributed by atoms with Gasteiger partial charge in [0.2, 0.25) is 0 Å². The Morgan fingerprint density at radius 1 is 0.877 bits per heavy atom. The lowest BCUT2D eigenvalue weighted by molar-refractivity contribution is -0.386. The van der Waals surface area contributed by atoms with Gasteiger partial charge in [-0.25, -0.2) is 13.2 Å². The highest BCUT2D eigenvalue weighted by Gasteiger charge is 2.48. The third-order valence-electron chi connectivity index (χ3n) is 12.3. The summed E-state index contributed by atoms with van der Waals surface area (Å²) in [5.74, 6) is -0.499. The van der Waals surface area contributed by atoms with Crippen LogP contribution >= 0.6 is 23.4 Å². The number of hydrogen-bond acceptors (Lipinski definition) is 11. The lowest BCUT2D eigenvalue weighted by Gasteiger charge is -2.39. The second-order valence-corrected chi connectivity index (χ2v) is 22.8. The lowest BCUT2D eigenvalue weighted by Crippen LogP contribution is -2.90. The number of quaternary nitrogens is 1. The highest BCUT2D eigenvalue weighted by Crippen LogP contribution is 2.43. The minimum Gasteiger partial charge on any atom is -0.380 e. The van der Waals surface area contributed by atoms with E-state index >= 15 is 0 Å². The molecule has 0 unspecified atom stereocenters. The number of morpholine rings is 1. The Hall–Kier alpha value is -3.94. The first kappa shape index (κ1) is 49.0. The minimum atomic E-state index is -5.91. The summed E-state index contributed by atoms with van der Waals surface area (Å²) in [6, 6.07) is 25.8. The molecule has 0 radical (unpaired) electrons. The van der Waals surface area contributed by atoms with Crippen molar-refractivity contribution in [2.75, 3.05) is 81.5 Å². The van der Waals surface area contributed by atoms with Gasteiger partial charge in [-0.1, -0.05) is 61.4 Å². The number of primary sulfonamides is 1. The molecule has 2 heterocycles. The van der Waals surface area contributed by atoms with E-state index in [9.17, 15) is 34.8 Å². The Bertz CT molecular complexity index is 2530. The zero-order valence-corrected chi connectivity index (χ0v) is 39.7. The lowest BCUT2D eigenvalue weighted by atomic mass is 9.73. The first-order chi connectivity index (χ1) is 30.9. The van der Waals surface area contributed by atoms with Crippen molar-refractivity contribution in [3.63, 3.8) is 0 Å². The van der Waals surface area contributed by atoms with Gasteiger partial charge in [-0.05, 0) is 109 Å². The Balaban J connectivity index is 1.03. The number of anilines is 2. The molecule has 3 N–H and O–H groups in total. The number of sulfonamides is 1. The number of carbonyl (C=O) groups is 1. The summed E-state index contributed by atoms with van der Waals surface area (Å²) in [7, 11) is -10.5. The van der Waals surface area contributed by atoms with Crippen LogP contribution in [0.3, 0.4) is 0 Å². The Morgan fingerprint density at radius 3 is 2.22 bits per heavy atom. The molecule has 65 heavy (non-hydrogen) atoms. The van der Waals surface area contributed by atoms with Crippen LogP contribution in [-0.4, -0.2) is 115 Å². The molecule has 7 rings (SSSR count). The molecule has 4 aromatic rings. The third-order valence-corrected chi connectivity index (χ3v) is 16.7. The molecule has 1 amide bonds. The fourth-order valence-corrected chi connectivity index (χ4v) is 11.7. The van der Waals surface area contributed by atoms with Crippen LogP contribution in [0.4, 0.5) is 24.5 Å². The van der Waals surface area contributed by atoms with Crippen LogP contribution in [0.1, 0.15) is 55.5 Å². The van der Waals surface area contributed by atoms with Gasteiger partial charge in [-0.3, -0.25) is 9.80 Å². The number of nitrogens with zero attached hydrogens (tertiary/aromatic N) is 3. The van der Waals surface area contributed by atoms with Crippen molar-refractivity contribution in [3.05, 3.63) is 119 Å². The van der Waals surface area contributed by atoms with E-state index in [1.807, 2.05) is 42.5 Å². The average Bonchev–Trinajstić information content (AvgIpc) is 3.28. The average molecular weight is 976 g/mol. The summed E-state index contributed by atoms with van der Waals surface area (Å²) in [6.45, 7) is 11.7. The summed E-state index contributed by atoms with van der Waals surface area (Å²) < 4.78 is 101. The van der Waals surface area contributed by atoms with Crippen molar-refractivity contribution in [2.45, 2.75) is 65.8 Å². The van der Waals surface area contributed by atoms with E-state index in [4.69, 9.17) is 16.3 Å². The van der Waals surface area contributed by atoms with Crippen LogP contribution in [0, 0.1) is 5.41 Å². The highest BCUT2D eigenvalue weighted by molar-refractivity contribution is 7.99. The molecule has 0 bridgehead atoms. The molecular formula is C47H56ClF3N5O6S3+. The second-order valence-electron chi connectivity index (χ2n) is 17.6. The van der Waals surface area contributed by atoms with E-state index in [1.54, 1.807) is 24.3 Å². The SMILES string of the molecule is CC1(C)CCC(c2ccc(Cl)cc2)=C(CN2CCN(c3ccc(C(=O)[NH2+]S(=O)(=O)c4ccc(S(=O)(=O)C(F)(F)F)c(N[C@H](CCN5CCOCC5)CSc5ccccc5)c4)cc3)CC2)C1. The smallest absolute Gasteiger partial charge is 0.380 e. The normalized spacial score (nSPS) is 18.4. The molecule has 1 atom stereocenters. The molecule has 0 aromatic heterocycles. The number of sulfone groups is 1. The van der Waals surface area contributed by atoms with Crippen molar-refractivity contribution in [1.29, 1.82) is 0 Å². The molecule has 18 heteroatoms. The fourth-order valence-electron chi connectivity index (χ4n) is 8.56. The van der Waals surface area contributed by atoms with E-state index < -0.39 is 52.8 Å². The predicted molar refractivity (Wildman–Crippen MR) is 251 cm³/mol. The molecule has 1 aliphatic carbocycles. The van der Waals surface area contributed by atoms with Gasteiger partial charge >= 0.3 is 21.4 Å². The number of nitrogens with two attached hydrogens (primary N) is 1. The van der Waals surface area contributed by atoms with Gasteiger partial charge in [0.1, 0.15) is 4.90 Å². The maximum atomic E-state index is 14.0. The van der Waals surface area contributed by atoms with E-state index in [2.05, 4.69) is 46.0 Å². The first-order valence-corrected chi connectivity index (χ1v) is 26.1. The van der Waals surface area contributed by atoms with Crippen LogP contribution in [0.5, 0.6) is 0 Å². The topological polar surface area (TPSA) is 133 Å². The molecule has 350 valence electrons. The molecule has 3 aliphatic rings. The molecule has 4 aromatic carbocycles. The third kappa shape index (κ3) is 12.7. The van der Waals surface area contributed by atoms with Gasteiger partial charge < -0.3 is 15.0 Å². The number of benzene rings is 4. The summed E-state index contributed by atoms with van der Waals surface area (Å²) in [4.78, 5) is 19.6. The molecule has 2 aliphatic heterocycles. The first-order valence-electron chi connectivity index (χ1n) is 21.8. The number of carbonyl (C=O) groups excluding carboxylic acids is 1. The van der Waals surface area contributed by atoms with Gasteiger partial charge in [0.25, 0.3) is 9.84 Å². The zero-order valence-electron chi connectivity index (χ0n) is 36.5. The van der Waals surface area contributed by atoms with Gasteiger partial charge in [-0.2, -0.15) is 26.3 Å². The number of hydrogen-bond donors (Lipinski definition) is 2. The fraction of sp³-hybridized carbons (Fsp3) is 0.426. The number of piperazine rings is 1. The number of alkyl halides is 3. The van der Waals surface area contributed by atoms with Gasteiger partial charge in [0.05, 0.1) is 29.4 Å². The van der Waals surface area contributed by atoms with Crippen LogP contribution in [0.15, 0.2) is 117 Å². The van der Waals surface area contributed by atoms with E-state index in [0.717, 1.165) is 79.7 Å². The minimum absolute atomic E-state index is 0.105. The number of rotatable bonds is 16. The molecule has 0 saturated carbocycles. The quantitative estimate of drug-likeness (QED) is 0.107. The number of allylic oxidation sites excluding steroid dienone is 1. The van der Waals surface area contributed by atoms with E-state index in [1.165, 1.54) is 28.5 Å². The number of amides is 1. The van der Waals surface area contributed by atoms with E-state index in [0.29, 0.717) is 55.8 Å². The van der Waals surface area contributed by atoms with Crippen LogP contribution in [-0.2, 0) is 24.6 Å². The number of nitrogens with one attached hydrogen (secondary N) is 1. The van der Waals surface area contributed by atoms with Crippen LogP contribution < -0.4 is 14.9 Å². The maximum absolute atomic E-state index is 14.0. The van der Waals surface area contributed by atoms with Crippen molar-refractivity contribution >= 4 is 66.1 Å². The zero-order chi connectivity index (χ0) is 46.4. The Labute approximate surface area is 389 Å². The molecule has 2 fully saturated rings. The number of primary amides is 1. The van der Waals surface area contributed by atoms with Crippen molar-refractivity contribution in [2.24, 2.45) is 5.41 Å². The molecule has 0 spiro atoms. The Morgan fingerprint density at radius 2 is 1.55 bits per heavy atom. The number of ether oxygens (including phenoxy) is 1. The second kappa shape index (κ2) is 20.9. The van der Waals surface area contributed by atoms with Crippen molar-refractivity contribution < 1.29 is 44.3 Å². The largest absolute Gasteiger partial charge is 0.501 e. The van der Waals surface area contributed by atoms with Gasteiger partial charge in [-0.15, -0.1) is 11.8 Å². The molecular weight excluding hydrogens is 919 g/mol. The van der Waals surface area contributed by atoms with E-state index in [-0.39, 0.29) is 11.0 Å². The van der Waals surface area contributed by atoms with Crippen molar-refractivity contribution in [1.82, 2.24) is 9.80 Å². The summed E-state index contributed by atoms with van der Waals surface area (Å²) in [5.41, 5.74) is -0.866. The summed E-state index contributed by atoms with van der Waals surface area (Å²) in [6.07, 6.45) is 3.58. The monoisotopic (exact) mass is 974 g/mol. The van der Waals surface area contributed by atoms with Crippen molar-refractivity contribution in [3.8, 4) is 0 Å². The summed E-state index contributed by atoms with van der Waals surface area (Å²) in [5, 5.41) is 3.69. The van der Waals surface area contributed by atoms with Crippen LogP contribution in [0.25, 0.3) is 5.57 Å². The maximum Gasteiger partial charge on any atom is 0.501 e. The van der Waals surface area contributed by atoms with Gasteiger partial charge in [0.15, 0.2) is 0 Å². The van der Waals surface area contributed by atoms with Crippen LogP contribution in [0.2, 0.25) is 5.02 Å². The molecule has 2 saturated heterocycles. The number of thioether (sulfide) groups is 1.